The maximum atomic E-state index is 13.6. The number of nitrogens with one attached hydrogen (secondary N) is 1. The maximum absolute atomic E-state index is 13.6. The zero-order valence-electron chi connectivity index (χ0n) is 13.3. The van der Waals surface area contributed by atoms with Crippen LogP contribution in [0.2, 0.25) is 0 Å². The molecule has 1 saturated carbocycles. The predicted octanol–water partition coefficient (Wildman–Crippen LogP) is 1.99. The molecule has 1 aromatic rings. The summed E-state index contributed by atoms with van der Waals surface area (Å²) in [6, 6.07) is 0.752. The highest BCUT2D eigenvalue weighted by Crippen LogP contribution is 2.27. The van der Waals surface area contributed by atoms with E-state index in [-0.39, 0.29) is 36.6 Å². The molecule has 0 bridgehead atoms. The lowest BCUT2D eigenvalue weighted by atomic mass is 10.2. The van der Waals surface area contributed by atoms with Crippen molar-refractivity contribution >= 4 is 22.8 Å². The fraction of sp³-hybridized carbons (Fsp3) is 0.600. The third kappa shape index (κ3) is 4.68. The number of thiol groups is 1. The molecule has 0 radical (unpaired) electrons. The molecule has 0 amide bonds. The van der Waals surface area contributed by atoms with Gasteiger partial charge in [-0.05, 0) is 25.3 Å². The molecule has 2 fully saturated rings. The number of halogens is 3. The zero-order chi connectivity index (χ0) is 18.2. The summed E-state index contributed by atoms with van der Waals surface area (Å²) in [4.78, 5) is 0. The molecule has 2 aliphatic rings. The van der Waals surface area contributed by atoms with Crippen LogP contribution in [0.4, 0.5) is 13.2 Å². The van der Waals surface area contributed by atoms with Crippen molar-refractivity contribution in [2.24, 2.45) is 0 Å². The standard InChI is InChI=1S/C15H19F3N2O3S2/c16-13-5-15(18)14(17)3-9(13)7-23-8-11-4-12(24)6-20(11)25(21,22)19-10-1-2-10/h3,5,10-12,19,24H,1-2,4,6-8H2/t11-,12+/m0/s1. The van der Waals surface area contributed by atoms with E-state index in [9.17, 15) is 21.6 Å². The van der Waals surface area contributed by atoms with Crippen molar-refractivity contribution in [3.8, 4) is 0 Å². The molecular formula is C15H19F3N2O3S2. The Morgan fingerprint density at radius 1 is 1.20 bits per heavy atom. The Morgan fingerprint density at radius 3 is 2.56 bits per heavy atom. The molecule has 1 saturated heterocycles. The van der Waals surface area contributed by atoms with E-state index < -0.39 is 33.7 Å². The monoisotopic (exact) mass is 396 g/mol. The van der Waals surface area contributed by atoms with E-state index in [1.165, 1.54) is 4.31 Å². The van der Waals surface area contributed by atoms with Crippen LogP contribution in [0.15, 0.2) is 12.1 Å². The van der Waals surface area contributed by atoms with Crippen molar-refractivity contribution in [1.82, 2.24) is 9.03 Å². The van der Waals surface area contributed by atoms with Crippen molar-refractivity contribution in [2.45, 2.75) is 43.2 Å². The molecule has 25 heavy (non-hydrogen) atoms. The minimum absolute atomic E-state index is 0.0122. The average Bonchev–Trinajstić information content (AvgIpc) is 3.23. The van der Waals surface area contributed by atoms with Crippen LogP contribution in [0.25, 0.3) is 0 Å². The van der Waals surface area contributed by atoms with Gasteiger partial charge in [0.25, 0.3) is 10.2 Å². The first-order chi connectivity index (χ1) is 11.8. The lowest BCUT2D eigenvalue weighted by Crippen LogP contribution is -2.46. The Balaban J connectivity index is 1.60. The summed E-state index contributed by atoms with van der Waals surface area (Å²) in [5.74, 6) is -3.33. The highest BCUT2D eigenvalue weighted by Gasteiger charge is 2.40. The topological polar surface area (TPSA) is 58.6 Å². The van der Waals surface area contributed by atoms with Crippen molar-refractivity contribution in [2.75, 3.05) is 13.2 Å². The van der Waals surface area contributed by atoms with E-state index in [4.69, 9.17) is 4.74 Å². The number of ether oxygens (including phenoxy) is 1. The second kappa shape index (κ2) is 7.43. The van der Waals surface area contributed by atoms with Crippen LogP contribution in [0.3, 0.4) is 0 Å². The second-order valence-electron chi connectivity index (χ2n) is 6.38. The molecule has 140 valence electrons. The zero-order valence-corrected chi connectivity index (χ0v) is 15.0. The number of hydrogen-bond donors (Lipinski definition) is 2. The Labute approximate surface area is 150 Å². The van der Waals surface area contributed by atoms with E-state index in [0.717, 1.165) is 18.9 Å². The summed E-state index contributed by atoms with van der Waals surface area (Å²) < 4.78 is 73.8. The van der Waals surface area contributed by atoms with Crippen molar-refractivity contribution in [3.63, 3.8) is 0 Å². The molecule has 0 spiro atoms. The number of rotatable bonds is 7. The van der Waals surface area contributed by atoms with Crippen LogP contribution >= 0.6 is 12.6 Å². The summed E-state index contributed by atoms with van der Waals surface area (Å²) in [6.45, 7) is 0.000509. The first kappa shape index (κ1) is 19.0. The summed E-state index contributed by atoms with van der Waals surface area (Å²) in [7, 11) is -3.62. The number of benzene rings is 1. The molecule has 3 rings (SSSR count). The molecule has 2 atom stereocenters. The molecule has 0 unspecified atom stereocenters. The van der Waals surface area contributed by atoms with Gasteiger partial charge in [-0.3, -0.25) is 0 Å². The summed E-state index contributed by atoms with van der Waals surface area (Å²) in [5, 5.41) is -0.121. The van der Waals surface area contributed by atoms with Crippen LogP contribution < -0.4 is 4.72 Å². The molecule has 5 nitrogen and oxygen atoms in total. The lowest BCUT2D eigenvalue weighted by Gasteiger charge is -2.24. The Kier molecular flexibility index (Phi) is 5.64. The number of nitrogens with zero attached hydrogens (tertiary/aromatic N) is 1. The van der Waals surface area contributed by atoms with Gasteiger partial charge in [-0.25, -0.2) is 13.2 Å². The summed E-state index contributed by atoms with van der Waals surface area (Å²) >= 11 is 4.34. The van der Waals surface area contributed by atoms with Gasteiger partial charge in [-0.1, -0.05) is 0 Å². The summed E-state index contributed by atoms with van der Waals surface area (Å²) in [6.07, 6.45) is 2.15. The van der Waals surface area contributed by atoms with Crippen molar-refractivity contribution in [1.29, 1.82) is 0 Å². The van der Waals surface area contributed by atoms with Gasteiger partial charge in [0.2, 0.25) is 0 Å². The van der Waals surface area contributed by atoms with Gasteiger partial charge < -0.3 is 4.74 Å². The Bertz CT molecular complexity index is 744. The van der Waals surface area contributed by atoms with E-state index in [2.05, 4.69) is 17.4 Å². The third-order valence-electron chi connectivity index (χ3n) is 4.20. The van der Waals surface area contributed by atoms with Gasteiger partial charge >= 0.3 is 0 Å². The predicted molar refractivity (Wildman–Crippen MR) is 88.9 cm³/mol. The fourth-order valence-corrected chi connectivity index (χ4v) is 5.01. The van der Waals surface area contributed by atoms with Gasteiger partial charge in [0.05, 0.1) is 19.3 Å². The van der Waals surface area contributed by atoms with Gasteiger partial charge in [-0.15, -0.1) is 0 Å². The largest absolute Gasteiger partial charge is 0.375 e. The van der Waals surface area contributed by atoms with Crippen LogP contribution in [0.1, 0.15) is 24.8 Å². The van der Waals surface area contributed by atoms with Gasteiger partial charge in [-0.2, -0.15) is 30.1 Å². The van der Waals surface area contributed by atoms with Gasteiger partial charge in [0.15, 0.2) is 11.6 Å². The molecule has 1 aromatic carbocycles. The van der Waals surface area contributed by atoms with Crippen LogP contribution in [-0.2, 0) is 21.6 Å². The highest BCUT2D eigenvalue weighted by molar-refractivity contribution is 7.87. The first-order valence-electron chi connectivity index (χ1n) is 7.94. The first-order valence-corrected chi connectivity index (χ1v) is 9.90. The van der Waals surface area contributed by atoms with Crippen molar-refractivity contribution in [3.05, 3.63) is 35.1 Å². The van der Waals surface area contributed by atoms with E-state index in [1.54, 1.807) is 0 Å². The van der Waals surface area contributed by atoms with Crippen LogP contribution in [0.5, 0.6) is 0 Å². The van der Waals surface area contributed by atoms with Crippen LogP contribution in [0, 0.1) is 17.5 Å². The minimum atomic E-state index is -3.62. The summed E-state index contributed by atoms with van der Waals surface area (Å²) in [5.41, 5.74) is -0.121. The quantitative estimate of drug-likeness (QED) is 0.548. The molecule has 10 heteroatoms. The molecular weight excluding hydrogens is 377 g/mol. The fourth-order valence-electron chi connectivity index (χ4n) is 2.77. The Hall–Kier alpha value is -0.810. The second-order valence-corrected chi connectivity index (χ2v) is 8.77. The number of hydrogen-bond acceptors (Lipinski definition) is 4. The van der Waals surface area contributed by atoms with Gasteiger partial charge in [0.1, 0.15) is 5.82 Å². The van der Waals surface area contributed by atoms with E-state index in [0.29, 0.717) is 12.5 Å². The SMILES string of the molecule is O=S(=O)(NC1CC1)N1C[C@H](S)C[C@H]1COCc1cc(F)c(F)cc1F. The molecule has 1 aliphatic heterocycles. The minimum Gasteiger partial charge on any atom is -0.375 e. The molecule has 0 aromatic heterocycles. The molecule has 1 heterocycles. The Morgan fingerprint density at radius 2 is 1.88 bits per heavy atom. The third-order valence-corrected chi connectivity index (χ3v) is 6.27. The van der Waals surface area contributed by atoms with E-state index >= 15 is 0 Å². The molecule has 1 aliphatic carbocycles. The van der Waals surface area contributed by atoms with Gasteiger partial charge in [0, 0.05) is 29.5 Å². The maximum Gasteiger partial charge on any atom is 0.280 e. The smallest absolute Gasteiger partial charge is 0.280 e. The molecule has 1 N–H and O–H groups in total. The average molecular weight is 396 g/mol. The van der Waals surface area contributed by atoms with Crippen LogP contribution in [-0.4, -0.2) is 43.2 Å². The highest BCUT2D eigenvalue weighted by atomic mass is 32.2. The normalized spacial score (nSPS) is 24.8. The van der Waals surface area contributed by atoms with Crippen molar-refractivity contribution < 1.29 is 26.3 Å². The lowest BCUT2D eigenvalue weighted by molar-refractivity contribution is 0.0849. The van der Waals surface area contributed by atoms with E-state index in [1.807, 2.05) is 0 Å².